The molecule has 0 aromatic carbocycles. The summed E-state index contributed by atoms with van der Waals surface area (Å²) < 4.78 is 27.5. The molecule has 3 aliphatic heterocycles. The van der Waals surface area contributed by atoms with Crippen molar-refractivity contribution in [1.29, 1.82) is 0 Å². The molecular weight excluding hydrogens is 227 g/mol. The van der Waals surface area contributed by atoms with Crippen LogP contribution in [0.3, 0.4) is 0 Å². The van der Waals surface area contributed by atoms with Crippen molar-refractivity contribution in [3.8, 4) is 0 Å². The lowest BCUT2D eigenvalue weighted by atomic mass is 9.66. The molecule has 0 radical (unpaired) electrons. The first-order valence-corrected chi connectivity index (χ1v) is 7.38. The van der Waals surface area contributed by atoms with Crippen molar-refractivity contribution in [2.45, 2.75) is 27.7 Å². The SMILES string of the molecule is CC(C)C(C(C)C)C12COP(=O)(OC1)OC2. The van der Waals surface area contributed by atoms with Gasteiger partial charge in [-0.1, -0.05) is 27.7 Å². The topological polar surface area (TPSA) is 44.8 Å². The Hall–Kier alpha value is 0.110. The van der Waals surface area contributed by atoms with Crippen LogP contribution in [0.4, 0.5) is 0 Å². The molecule has 4 nitrogen and oxygen atoms in total. The third kappa shape index (κ3) is 1.97. The van der Waals surface area contributed by atoms with Crippen LogP contribution in [0.5, 0.6) is 0 Å². The van der Waals surface area contributed by atoms with Gasteiger partial charge < -0.3 is 0 Å². The van der Waals surface area contributed by atoms with Gasteiger partial charge in [0.25, 0.3) is 0 Å². The first kappa shape index (κ1) is 12.6. The third-order valence-corrected chi connectivity index (χ3v) is 5.01. The van der Waals surface area contributed by atoms with Crippen molar-refractivity contribution >= 4 is 7.82 Å². The van der Waals surface area contributed by atoms with E-state index in [1.807, 2.05) is 0 Å². The molecule has 0 spiro atoms. The van der Waals surface area contributed by atoms with Gasteiger partial charge in [-0.25, -0.2) is 4.57 Å². The molecule has 5 heteroatoms. The summed E-state index contributed by atoms with van der Waals surface area (Å²) in [6.45, 7) is 10.4. The van der Waals surface area contributed by atoms with Gasteiger partial charge in [-0.3, -0.25) is 13.6 Å². The summed E-state index contributed by atoms with van der Waals surface area (Å²) in [5, 5.41) is 0. The zero-order valence-corrected chi connectivity index (χ0v) is 11.3. The number of hydrogen-bond acceptors (Lipinski definition) is 4. The molecular formula is C11H21O4P. The predicted octanol–water partition coefficient (Wildman–Crippen LogP) is 3.09. The molecule has 3 saturated heterocycles. The maximum absolute atomic E-state index is 11.7. The second-order valence-electron chi connectivity index (χ2n) is 5.64. The smallest absolute Gasteiger partial charge is 0.286 e. The molecule has 3 rings (SSSR count). The van der Waals surface area contributed by atoms with Crippen LogP contribution in [0.1, 0.15) is 27.7 Å². The van der Waals surface area contributed by atoms with Crippen LogP contribution in [-0.2, 0) is 18.1 Å². The van der Waals surface area contributed by atoms with Gasteiger partial charge in [-0.15, -0.1) is 0 Å². The van der Waals surface area contributed by atoms with E-state index in [1.54, 1.807) is 0 Å². The standard InChI is InChI=1S/C11H21O4P/c1-8(2)10(9(3)4)11-5-13-16(12,14-6-11)15-7-11/h8-10H,5-7H2,1-4H3. The highest BCUT2D eigenvalue weighted by molar-refractivity contribution is 7.48. The molecule has 0 atom stereocenters. The number of phosphoric acid groups is 1. The minimum absolute atomic E-state index is 0.117. The third-order valence-electron chi connectivity index (χ3n) is 3.67. The summed E-state index contributed by atoms with van der Waals surface area (Å²) in [6.07, 6.45) is 0. The Morgan fingerprint density at radius 2 is 1.31 bits per heavy atom. The average molecular weight is 248 g/mol. The largest absolute Gasteiger partial charge is 0.474 e. The molecule has 0 unspecified atom stereocenters. The number of fused-ring (bicyclic) bond motifs is 3. The molecule has 3 aliphatic rings. The van der Waals surface area contributed by atoms with E-state index in [4.69, 9.17) is 13.6 Å². The maximum atomic E-state index is 11.7. The lowest BCUT2D eigenvalue weighted by molar-refractivity contribution is -0.140. The second-order valence-corrected chi connectivity index (χ2v) is 7.31. The summed E-state index contributed by atoms with van der Waals surface area (Å²) >= 11 is 0. The minimum Gasteiger partial charge on any atom is -0.286 e. The Kier molecular flexibility index (Phi) is 3.21. The van der Waals surface area contributed by atoms with Crippen LogP contribution < -0.4 is 0 Å². The minimum atomic E-state index is -3.17. The van der Waals surface area contributed by atoms with E-state index < -0.39 is 7.82 Å². The average Bonchev–Trinajstić information content (AvgIpc) is 2.19. The first-order valence-electron chi connectivity index (χ1n) is 5.92. The number of hydrogen-bond donors (Lipinski definition) is 0. The molecule has 3 fully saturated rings. The van der Waals surface area contributed by atoms with Crippen LogP contribution >= 0.6 is 7.82 Å². The molecule has 16 heavy (non-hydrogen) atoms. The highest BCUT2D eigenvalue weighted by Gasteiger charge is 2.55. The Bertz CT molecular complexity index is 274. The van der Waals surface area contributed by atoms with Crippen LogP contribution in [-0.4, -0.2) is 19.8 Å². The van der Waals surface area contributed by atoms with E-state index in [-0.39, 0.29) is 5.41 Å². The van der Waals surface area contributed by atoms with Crippen LogP contribution in [0.2, 0.25) is 0 Å². The number of phosphoric ester groups is 1. The molecule has 94 valence electrons. The van der Waals surface area contributed by atoms with Gasteiger partial charge in [0.2, 0.25) is 0 Å². The van der Waals surface area contributed by atoms with Gasteiger partial charge in [0.15, 0.2) is 0 Å². The normalized spacial score (nSPS) is 38.9. The predicted molar refractivity (Wildman–Crippen MR) is 61.1 cm³/mol. The van der Waals surface area contributed by atoms with Gasteiger partial charge in [0.1, 0.15) is 0 Å². The fraction of sp³-hybridized carbons (Fsp3) is 1.00. The van der Waals surface area contributed by atoms with E-state index in [1.165, 1.54) is 0 Å². The fourth-order valence-electron chi connectivity index (χ4n) is 3.33. The molecule has 0 amide bonds. The summed E-state index contributed by atoms with van der Waals surface area (Å²) in [4.78, 5) is 0. The fourth-order valence-corrected chi connectivity index (χ4v) is 4.80. The van der Waals surface area contributed by atoms with Crippen LogP contribution in [0, 0.1) is 23.2 Å². The van der Waals surface area contributed by atoms with Crippen molar-refractivity contribution in [2.75, 3.05) is 19.8 Å². The Labute approximate surface area is 97.3 Å². The lowest BCUT2D eigenvalue weighted by Crippen LogP contribution is -2.52. The zero-order chi connectivity index (χ0) is 12.0. The molecule has 0 saturated carbocycles. The highest BCUT2D eigenvalue weighted by atomic mass is 31.2. The van der Waals surface area contributed by atoms with Crippen LogP contribution in [0.25, 0.3) is 0 Å². The molecule has 0 aliphatic carbocycles. The van der Waals surface area contributed by atoms with Crippen LogP contribution in [0.15, 0.2) is 0 Å². The van der Waals surface area contributed by atoms with Gasteiger partial charge in [0, 0.05) is 5.41 Å². The van der Waals surface area contributed by atoms with Gasteiger partial charge >= 0.3 is 7.82 Å². The van der Waals surface area contributed by atoms with Gasteiger partial charge in [-0.05, 0) is 17.8 Å². The summed E-state index contributed by atoms with van der Waals surface area (Å²) in [6, 6.07) is 0. The highest BCUT2D eigenvalue weighted by Crippen LogP contribution is 2.62. The Balaban J connectivity index is 2.22. The second kappa shape index (κ2) is 4.09. The van der Waals surface area contributed by atoms with E-state index in [0.717, 1.165) is 0 Å². The Morgan fingerprint density at radius 1 is 0.938 bits per heavy atom. The molecule has 0 N–H and O–H groups in total. The van der Waals surface area contributed by atoms with E-state index in [2.05, 4.69) is 27.7 Å². The van der Waals surface area contributed by atoms with Crippen molar-refractivity contribution in [1.82, 2.24) is 0 Å². The molecule has 0 aromatic heterocycles. The van der Waals surface area contributed by atoms with E-state index in [0.29, 0.717) is 37.6 Å². The van der Waals surface area contributed by atoms with Crippen molar-refractivity contribution < 1.29 is 18.1 Å². The van der Waals surface area contributed by atoms with E-state index >= 15 is 0 Å². The van der Waals surface area contributed by atoms with Gasteiger partial charge in [-0.2, -0.15) is 0 Å². The Morgan fingerprint density at radius 3 is 1.62 bits per heavy atom. The summed E-state index contributed by atoms with van der Waals surface area (Å²) in [5.74, 6) is 1.53. The number of rotatable bonds is 3. The molecule has 0 aromatic rings. The van der Waals surface area contributed by atoms with Crippen molar-refractivity contribution in [3.63, 3.8) is 0 Å². The summed E-state index contributed by atoms with van der Waals surface area (Å²) in [5.41, 5.74) is -0.117. The maximum Gasteiger partial charge on any atom is 0.474 e. The first-order chi connectivity index (χ1) is 7.39. The van der Waals surface area contributed by atoms with Crippen molar-refractivity contribution in [2.24, 2.45) is 23.2 Å². The zero-order valence-electron chi connectivity index (χ0n) is 10.4. The molecule has 2 bridgehead atoms. The quantitative estimate of drug-likeness (QED) is 0.720. The molecule has 3 heterocycles. The van der Waals surface area contributed by atoms with Crippen molar-refractivity contribution in [3.05, 3.63) is 0 Å². The van der Waals surface area contributed by atoms with Gasteiger partial charge in [0.05, 0.1) is 19.8 Å². The lowest BCUT2D eigenvalue weighted by Gasteiger charge is -2.51. The summed E-state index contributed by atoms with van der Waals surface area (Å²) in [7, 11) is -3.17. The van der Waals surface area contributed by atoms with E-state index in [9.17, 15) is 4.57 Å². The monoisotopic (exact) mass is 248 g/mol.